The van der Waals surface area contributed by atoms with Crippen molar-refractivity contribution in [1.29, 1.82) is 0 Å². The molecule has 132 valence electrons. The van der Waals surface area contributed by atoms with Gasteiger partial charge in [0, 0.05) is 51.1 Å². The summed E-state index contributed by atoms with van der Waals surface area (Å²) in [7, 11) is 0. The van der Waals surface area contributed by atoms with E-state index in [-0.39, 0.29) is 11.5 Å². The minimum atomic E-state index is -0.0172. The molecule has 6 nitrogen and oxygen atoms in total. The normalized spacial score (nSPS) is 18.5. The maximum absolute atomic E-state index is 12.1. The van der Waals surface area contributed by atoms with Gasteiger partial charge in [0.15, 0.2) is 0 Å². The van der Waals surface area contributed by atoms with Gasteiger partial charge in [0.25, 0.3) is 5.56 Å². The number of amides is 1. The van der Waals surface area contributed by atoms with Crippen molar-refractivity contribution in [3.8, 4) is 0 Å². The summed E-state index contributed by atoms with van der Waals surface area (Å²) in [6, 6.07) is 2.11. The number of nitrogens with one attached hydrogen (secondary N) is 1. The van der Waals surface area contributed by atoms with Gasteiger partial charge in [-0.15, -0.1) is 0 Å². The van der Waals surface area contributed by atoms with Crippen LogP contribution in [0.15, 0.2) is 10.9 Å². The van der Waals surface area contributed by atoms with E-state index in [4.69, 9.17) is 0 Å². The topological polar surface area (TPSA) is 67.2 Å². The van der Waals surface area contributed by atoms with Crippen LogP contribution in [0.25, 0.3) is 0 Å². The molecule has 1 fully saturated rings. The Balaban J connectivity index is 1.52. The number of fused-ring (bicyclic) bond motifs is 1. The molecule has 1 amide bonds. The Morgan fingerprint density at radius 3 is 2.88 bits per heavy atom. The first-order valence-electron chi connectivity index (χ1n) is 9.27. The average molecular weight is 332 g/mol. The third kappa shape index (κ3) is 4.23. The molecule has 1 N–H and O–H groups in total. The highest BCUT2D eigenvalue weighted by Crippen LogP contribution is 2.18. The van der Waals surface area contributed by atoms with Crippen molar-refractivity contribution in [3.05, 3.63) is 27.7 Å². The molecule has 0 bridgehead atoms. The van der Waals surface area contributed by atoms with Gasteiger partial charge in [0.05, 0.1) is 5.69 Å². The number of hydrogen-bond acceptors (Lipinski definition) is 4. The third-order valence-corrected chi connectivity index (χ3v) is 5.03. The standard InChI is InChI=1S/C18H28N4O2/c1-2-9-22-18(24)12-14-13-21(10-7-16(14)20-22)11-8-17(23)19-15-5-3-4-6-15/h12,15H,2-11,13H2,1H3,(H,19,23). The highest BCUT2D eigenvalue weighted by atomic mass is 16.1. The van der Waals surface area contributed by atoms with E-state index in [9.17, 15) is 9.59 Å². The molecule has 1 saturated carbocycles. The van der Waals surface area contributed by atoms with Crippen LogP contribution in [0.4, 0.5) is 0 Å². The van der Waals surface area contributed by atoms with Crippen LogP contribution in [-0.2, 0) is 24.3 Å². The SMILES string of the molecule is CCCn1nc2c(cc1=O)CN(CCC(=O)NC1CCCC1)CC2. The van der Waals surface area contributed by atoms with Crippen LogP contribution in [0, 0.1) is 0 Å². The Hall–Kier alpha value is -1.69. The lowest BCUT2D eigenvalue weighted by Crippen LogP contribution is -2.38. The lowest BCUT2D eigenvalue weighted by Gasteiger charge is -2.28. The maximum atomic E-state index is 12.1. The number of carbonyl (C=O) groups is 1. The molecule has 3 rings (SSSR count). The van der Waals surface area contributed by atoms with Crippen molar-refractivity contribution in [1.82, 2.24) is 20.0 Å². The van der Waals surface area contributed by atoms with Gasteiger partial charge in [-0.25, -0.2) is 4.68 Å². The Morgan fingerprint density at radius 2 is 2.12 bits per heavy atom. The minimum absolute atomic E-state index is 0.0172. The summed E-state index contributed by atoms with van der Waals surface area (Å²) in [5, 5.41) is 7.64. The molecule has 0 atom stereocenters. The average Bonchev–Trinajstić information content (AvgIpc) is 3.07. The van der Waals surface area contributed by atoms with Gasteiger partial charge in [-0.3, -0.25) is 14.5 Å². The summed E-state index contributed by atoms with van der Waals surface area (Å²) in [6.07, 6.45) is 7.01. The molecule has 0 unspecified atom stereocenters. The van der Waals surface area contributed by atoms with Gasteiger partial charge in [-0.1, -0.05) is 19.8 Å². The fourth-order valence-corrected chi connectivity index (χ4v) is 3.69. The first-order valence-corrected chi connectivity index (χ1v) is 9.27. The summed E-state index contributed by atoms with van der Waals surface area (Å²) in [4.78, 5) is 26.4. The molecule has 0 spiro atoms. The van der Waals surface area contributed by atoms with E-state index in [1.807, 2.05) is 6.92 Å². The highest BCUT2D eigenvalue weighted by molar-refractivity contribution is 5.76. The number of aromatic nitrogens is 2. The quantitative estimate of drug-likeness (QED) is 0.856. The lowest BCUT2D eigenvalue weighted by molar-refractivity contribution is -0.122. The van der Waals surface area contributed by atoms with Gasteiger partial charge >= 0.3 is 0 Å². The predicted molar refractivity (Wildman–Crippen MR) is 92.8 cm³/mol. The molecule has 24 heavy (non-hydrogen) atoms. The molecular weight excluding hydrogens is 304 g/mol. The van der Waals surface area contributed by atoms with Gasteiger partial charge in [0.2, 0.25) is 5.91 Å². The van der Waals surface area contributed by atoms with Crippen LogP contribution >= 0.6 is 0 Å². The summed E-state index contributed by atoms with van der Waals surface area (Å²) in [6.45, 7) is 5.10. The Morgan fingerprint density at radius 1 is 1.33 bits per heavy atom. The number of nitrogens with zero attached hydrogens (tertiary/aromatic N) is 3. The van der Waals surface area contributed by atoms with E-state index < -0.39 is 0 Å². The lowest BCUT2D eigenvalue weighted by atomic mass is 10.1. The zero-order valence-corrected chi connectivity index (χ0v) is 14.6. The second kappa shape index (κ2) is 7.92. The monoisotopic (exact) mass is 332 g/mol. The van der Waals surface area contributed by atoms with E-state index >= 15 is 0 Å². The van der Waals surface area contributed by atoms with Gasteiger partial charge in [0.1, 0.15) is 0 Å². The number of hydrogen-bond donors (Lipinski definition) is 1. The van der Waals surface area contributed by atoms with E-state index in [0.717, 1.165) is 56.6 Å². The number of aryl methyl sites for hydroxylation is 1. The Kier molecular flexibility index (Phi) is 5.66. The first kappa shape index (κ1) is 17.1. The van der Waals surface area contributed by atoms with E-state index in [1.165, 1.54) is 12.8 Å². The summed E-state index contributed by atoms with van der Waals surface area (Å²) in [5.74, 6) is 0.157. The van der Waals surface area contributed by atoms with E-state index in [1.54, 1.807) is 10.7 Å². The van der Waals surface area contributed by atoms with Crippen LogP contribution in [0.2, 0.25) is 0 Å². The largest absolute Gasteiger partial charge is 0.353 e. The Bertz CT molecular complexity index is 634. The molecule has 1 aromatic rings. The second-order valence-electron chi connectivity index (χ2n) is 7.00. The highest BCUT2D eigenvalue weighted by Gasteiger charge is 2.21. The molecule has 0 aromatic carbocycles. The third-order valence-electron chi connectivity index (χ3n) is 5.03. The van der Waals surface area contributed by atoms with Crippen LogP contribution in [0.3, 0.4) is 0 Å². The van der Waals surface area contributed by atoms with Gasteiger partial charge < -0.3 is 5.32 Å². The Labute approximate surface area is 143 Å². The predicted octanol–water partition coefficient (Wildman–Crippen LogP) is 1.46. The fraction of sp³-hybridized carbons (Fsp3) is 0.722. The van der Waals surface area contributed by atoms with E-state index in [0.29, 0.717) is 19.0 Å². The molecule has 1 aliphatic carbocycles. The van der Waals surface area contributed by atoms with Crippen LogP contribution in [-0.4, -0.2) is 39.7 Å². The van der Waals surface area contributed by atoms with Crippen LogP contribution in [0.5, 0.6) is 0 Å². The molecule has 6 heteroatoms. The summed E-state index contributed by atoms with van der Waals surface area (Å²) in [5.41, 5.74) is 2.04. The van der Waals surface area contributed by atoms with Gasteiger partial charge in [-0.2, -0.15) is 5.10 Å². The number of carbonyl (C=O) groups excluding carboxylic acids is 1. The van der Waals surface area contributed by atoms with Crippen molar-refractivity contribution < 1.29 is 4.79 Å². The molecule has 2 aliphatic rings. The molecule has 0 radical (unpaired) electrons. The molecule has 2 heterocycles. The smallest absolute Gasteiger partial charge is 0.267 e. The molecular formula is C18H28N4O2. The van der Waals surface area contributed by atoms with Crippen molar-refractivity contribution >= 4 is 5.91 Å². The summed E-state index contributed by atoms with van der Waals surface area (Å²) < 4.78 is 1.57. The van der Waals surface area contributed by atoms with Crippen LogP contribution in [0.1, 0.15) is 56.7 Å². The zero-order chi connectivity index (χ0) is 16.9. The molecule has 0 saturated heterocycles. The second-order valence-corrected chi connectivity index (χ2v) is 7.00. The first-order chi connectivity index (χ1) is 11.7. The van der Waals surface area contributed by atoms with Crippen molar-refractivity contribution in [2.24, 2.45) is 0 Å². The summed E-state index contributed by atoms with van der Waals surface area (Å²) >= 11 is 0. The van der Waals surface area contributed by atoms with E-state index in [2.05, 4.69) is 15.3 Å². The van der Waals surface area contributed by atoms with Crippen molar-refractivity contribution in [2.45, 2.75) is 71.0 Å². The minimum Gasteiger partial charge on any atom is -0.353 e. The van der Waals surface area contributed by atoms with Gasteiger partial charge in [-0.05, 0) is 24.8 Å². The van der Waals surface area contributed by atoms with Crippen LogP contribution < -0.4 is 10.9 Å². The van der Waals surface area contributed by atoms with Crippen molar-refractivity contribution in [2.75, 3.05) is 13.1 Å². The number of rotatable bonds is 6. The molecule has 1 aromatic heterocycles. The van der Waals surface area contributed by atoms with Crippen molar-refractivity contribution in [3.63, 3.8) is 0 Å². The zero-order valence-electron chi connectivity index (χ0n) is 14.6. The molecule has 1 aliphatic heterocycles. The fourth-order valence-electron chi connectivity index (χ4n) is 3.69. The maximum Gasteiger partial charge on any atom is 0.267 e.